The van der Waals surface area contributed by atoms with Crippen LogP contribution in [0.5, 0.6) is 0 Å². The van der Waals surface area contributed by atoms with Gasteiger partial charge in [-0.2, -0.15) is 0 Å². The van der Waals surface area contributed by atoms with E-state index >= 15 is 0 Å². The average Bonchev–Trinajstić information content (AvgIpc) is 2.91. The number of imide groups is 1. The number of piperidine rings is 1. The maximum Gasteiger partial charge on any atom is 0.407 e. The van der Waals surface area contributed by atoms with E-state index in [1.165, 1.54) is 4.90 Å². The number of nitrogens with one attached hydrogen (secondary N) is 1. The minimum Gasteiger partial charge on any atom is -0.444 e. The molecule has 0 aliphatic carbocycles. The van der Waals surface area contributed by atoms with Gasteiger partial charge in [-0.25, -0.2) is 4.79 Å². The van der Waals surface area contributed by atoms with Crippen LogP contribution in [0.25, 0.3) is 0 Å². The summed E-state index contributed by atoms with van der Waals surface area (Å²) in [6, 6.07) is 5.22. The van der Waals surface area contributed by atoms with Gasteiger partial charge in [-0.3, -0.25) is 19.3 Å². The summed E-state index contributed by atoms with van der Waals surface area (Å²) in [5.74, 6) is -0.574. The zero-order valence-electron chi connectivity index (χ0n) is 18.7. The van der Waals surface area contributed by atoms with Crippen molar-refractivity contribution in [1.29, 1.82) is 0 Å². The highest BCUT2D eigenvalue weighted by molar-refractivity contribution is 6.21. The molecule has 1 aromatic carbocycles. The van der Waals surface area contributed by atoms with Gasteiger partial charge in [0.15, 0.2) is 0 Å². The maximum absolute atomic E-state index is 12.5. The Morgan fingerprint density at radius 3 is 2.39 bits per heavy atom. The average molecular weight is 430 g/mol. The van der Waals surface area contributed by atoms with Crippen LogP contribution < -0.4 is 5.32 Å². The second-order valence-corrected chi connectivity index (χ2v) is 9.22. The molecule has 1 aromatic rings. The second kappa shape index (κ2) is 9.08. The summed E-state index contributed by atoms with van der Waals surface area (Å²) in [5.41, 5.74) is 1.26. The molecule has 2 aliphatic heterocycles. The third-order valence-electron chi connectivity index (χ3n) is 5.47. The van der Waals surface area contributed by atoms with Gasteiger partial charge in [0.2, 0.25) is 5.91 Å². The molecule has 4 amide bonds. The summed E-state index contributed by atoms with van der Waals surface area (Å²) in [6.07, 6.45) is 1.61. The topological polar surface area (TPSA) is 96.0 Å². The van der Waals surface area contributed by atoms with Crippen LogP contribution in [-0.2, 0) is 9.53 Å². The van der Waals surface area contributed by atoms with E-state index in [4.69, 9.17) is 4.74 Å². The molecule has 3 rings (SSSR count). The number of alkyl carbamates (subject to hydrolysis) is 1. The first kappa shape index (κ1) is 22.8. The molecule has 0 aromatic heterocycles. The minimum absolute atomic E-state index is 0.00294. The van der Waals surface area contributed by atoms with Crippen LogP contribution in [0.3, 0.4) is 0 Å². The summed E-state index contributed by atoms with van der Waals surface area (Å²) in [4.78, 5) is 52.4. The van der Waals surface area contributed by atoms with Gasteiger partial charge in [-0.05, 0) is 59.1 Å². The molecule has 168 valence electrons. The Morgan fingerprint density at radius 1 is 1.10 bits per heavy atom. The molecule has 0 bridgehead atoms. The summed E-state index contributed by atoms with van der Waals surface area (Å²) in [5, 5.41) is 2.86. The number of carbonyl (C=O) groups excluding carboxylic acids is 4. The Bertz CT molecular complexity index is 882. The first-order valence-electron chi connectivity index (χ1n) is 10.8. The van der Waals surface area contributed by atoms with Gasteiger partial charge >= 0.3 is 6.09 Å². The zero-order chi connectivity index (χ0) is 22.8. The fourth-order valence-electron chi connectivity index (χ4n) is 3.90. The van der Waals surface area contributed by atoms with E-state index in [1.54, 1.807) is 17.0 Å². The van der Waals surface area contributed by atoms with Crippen LogP contribution in [0.2, 0.25) is 0 Å². The Kier molecular flexibility index (Phi) is 6.67. The van der Waals surface area contributed by atoms with E-state index in [-0.39, 0.29) is 36.7 Å². The van der Waals surface area contributed by atoms with Crippen molar-refractivity contribution in [1.82, 2.24) is 15.1 Å². The molecular weight excluding hydrogens is 398 g/mol. The van der Waals surface area contributed by atoms with E-state index in [0.29, 0.717) is 43.5 Å². The summed E-state index contributed by atoms with van der Waals surface area (Å²) in [7, 11) is 0. The van der Waals surface area contributed by atoms with Crippen LogP contribution in [-0.4, -0.2) is 64.9 Å². The van der Waals surface area contributed by atoms with Gasteiger partial charge in [-0.15, -0.1) is 0 Å². The Morgan fingerprint density at radius 2 is 1.74 bits per heavy atom. The highest BCUT2D eigenvalue weighted by Gasteiger charge is 2.35. The van der Waals surface area contributed by atoms with Gasteiger partial charge < -0.3 is 15.0 Å². The molecule has 2 heterocycles. The number of nitrogens with zero attached hydrogens (tertiary/aromatic N) is 2. The molecular formula is C23H31N3O5. The molecule has 0 spiro atoms. The molecule has 8 heteroatoms. The smallest absolute Gasteiger partial charge is 0.407 e. The van der Waals surface area contributed by atoms with Crippen LogP contribution >= 0.6 is 0 Å². The van der Waals surface area contributed by atoms with Crippen LogP contribution in [0, 0.1) is 6.92 Å². The molecule has 1 fully saturated rings. The molecule has 0 atom stereocenters. The van der Waals surface area contributed by atoms with Crippen LogP contribution in [0.15, 0.2) is 18.2 Å². The van der Waals surface area contributed by atoms with E-state index in [1.807, 2.05) is 33.8 Å². The minimum atomic E-state index is -0.543. The van der Waals surface area contributed by atoms with Crippen molar-refractivity contribution in [2.75, 3.05) is 19.6 Å². The van der Waals surface area contributed by atoms with Gasteiger partial charge in [0.1, 0.15) is 5.60 Å². The van der Waals surface area contributed by atoms with E-state index in [0.717, 1.165) is 5.56 Å². The summed E-state index contributed by atoms with van der Waals surface area (Å²) < 4.78 is 5.27. The van der Waals surface area contributed by atoms with Crippen LogP contribution in [0.1, 0.15) is 72.7 Å². The van der Waals surface area contributed by atoms with E-state index in [9.17, 15) is 19.2 Å². The number of ether oxygens (including phenoxy) is 1. The summed E-state index contributed by atoms with van der Waals surface area (Å²) in [6.45, 7) is 8.68. The largest absolute Gasteiger partial charge is 0.444 e. The quantitative estimate of drug-likeness (QED) is 0.726. The third kappa shape index (κ3) is 5.62. The van der Waals surface area contributed by atoms with Crippen molar-refractivity contribution in [3.8, 4) is 0 Å². The van der Waals surface area contributed by atoms with Crippen molar-refractivity contribution in [2.24, 2.45) is 0 Å². The SMILES string of the molecule is Cc1ccc2c(c1)C(=O)N(CCCC(=O)N1CCC(NC(=O)OC(C)(C)C)CC1)C2=O. The molecule has 2 aliphatic rings. The fraction of sp³-hybridized carbons (Fsp3) is 0.565. The molecule has 0 saturated carbocycles. The number of likely N-dealkylation sites (tertiary alicyclic amines) is 1. The van der Waals surface area contributed by atoms with Crippen molar-refractivity contribution < 1.29 is 23.9 Å². The number of rotatable bonds is 5. The predicted octanol–water partition coefficient (Wildman–Crippen LogP) is 2.89. The van der Waals surface area contributed by atoms with Crippen molar-refractivity contribution in [3.63, 3.8) is 0 Å². The van der Waals surface area contributed by atoms with Crippen molar-refractivity contribution in [2.45, 2.75) is 65.0 Å². The number of carbonyl (C=O) groups is 4. The number of fused-ring (bicyclic) bond motifs is 1. The summed E-state index contributed by atoms with van der Waals surface area (Å²) >= 11 is 0. The number of hydrogen-bond donors (Lipinski definition) is 1. The lowest BCUT2D eigenvalue weighted by Gasteiger charge is -2.33. The van der Waals surface area contributed by atoms with Crippen LogP contribution in [0.4, 0.5) is 4.79 Å². The first-order chi connectivity index (χ1) is 14.5. The number of aryl methyl sites for hydroxylation is 1. The van der Waals surface area contributed by atoms with Gasteiger partial charge in [0.25, 0.3) is 11.8 Å². The number of hydrogen-bond acceptors (Lipinski definition) is 5. The van der Waals surface area contributed by atoms with E-state index < -0.39 is 11.7 Å². The molecule has 0 unspecified atom stereocenters. The monoisotopic (exact) mass is 429 g/mol. The highest BCUT2D eigenvalue weighted by atomic mass is 16.6. The first-order valence-corrected chi connectivity index (χ1v) is 10.8. The predicted molar refractivity (Wildman–Crippen MR) is 115 cm³/mol. The number of benzene rings is 1. The lowest BCUT2D eigenvalue weighted by molar-refractivity contribution is -0.132. The fourth-order valence-corrected chi connectivity index (χ4v) is 3.90. The Balaban J connectivity index is 1.41. The van der Waals surface area contributed by atoms with Gasteiger partial charge in [0, 0.05) is 32.1 Å². The zero-order valence-corrected chi connectivity index (χ0v) is 18.7. The normalized spacial score (nSPS) is 17.0. The lowest BCUT2D eigenvalue weighted by Crippen LogP contribution is -2.47. The van der Waals surface area contributed by atoms with Crippen molar-refractivity contribution in [3.05, 3.63) is 34.9 Å². The Labute approximate surface area is 182 Å². The second-order valence-electron chi connectivity index (χ2n) is 9.22. The van der Waals surface area contributed by atoms with Crippen molar-refractivity contribution >= 4 is 23.8 Å². The lowest BCUT2D eigenvalue weighted by atomic mass is 10.0. The third-order valence-corrected chi connectivity index (χ3v) is 5.47. The standard InChI is InChI=1S/C23H31N3O5/c1-15-7-8-17-18(14-15)21(29)26(20(17)28)11-5-6-19(27)25-12-9-16(10-13-25)24-22(30)31-23(2,3)4/h7-8,14,16H,5-6,9-13H2,1-4H3,(H,24,30). The Hall–Kier alpha value is -2.90. The van der Waals surface area contributed by atoms with Gasteiger partial charge in [-0.1, -0.05) is 11.6 Å². The molecule has 0 radical (unpaired) electrons. The molecule has 31 heavy (non-hydrogen) atoms. The molecule has 1 N–H and O–H groups in total. The number of amides is 4. The highest BCUT2D eigenvalue weighted by Crippen LogP contribution is 2.24. The molecule has 1 saturated heterocycles. The maximum atomic E-state index is 12.5. The van der Waals surface area contributed by atoms with E-state index in [2.05, 4.69) is 5.32 Å². The van der Waals surface area contributed by atoms with Gasteiger partial charge in [0.05, 0.1) is 11.1 Å². The molecule has 8 nitrogen and oxygen atoms in total.